The standard InChI is InChI=1S/C13H18O/c1-13(2,3)12-8-6-11(7-9-12)5-4-10-14/h6-10H,4-5H2,1-3H3/i6D. The van der Waals surface area contributed by atoms with Crippen LogP contribution in [0.25, 0.3) is 0 Å². The minimum absolute atomic E-state index is 0.0823. The Morgan fingerprint density at radius 2 is 2.07 bits per heavy atom. The van der Waals surface area contributed by atoms with Crippen LogP contribution in [-0.4, -0.2) is 6.29 Å². The molecule has 0 amide bonds. The fraction of sp³-hybridized carbons (Fsp3) is 0.462. The molecule has 0 aliphatic rings. The zero-order chi connectivity index (χ0) is 11.5. The molecule has 0 fully saturated rings. The van der Waals surface area contributed by atoms with Crippen molar-refractivity contribution < 1.29 is 6.17 Å². The molecule has 1 nitrogen and oxygen atoms in total. The highest BCUT2D eigenvalue weighted by atomic mass is 16.1. The Morgan fingerprint density at radius 3 is 2.57 bits per heavy atom. The van der Waals surface area contributed by atoms with Crippen LogP contribution >= 0.6 is 0 Å². The Morgan fingerprint density at radius 1 is 1.36 bits per heavy atom. The van der Waals surface area contributed by atoms with Gasteiger partial charge < -0.3 is 4.79 Å². The lowest BCUT2D eigenvalue weighted by Crippen LogP contribution is -2.10. The highest BCUT2D eigenvalue weighted by Crippen LogP contribution is 2.22. The minimum atomic E-state index is 0.0823. The van der Waals surface area contributed by atoms with E-state index in [4.69, 9.17) is 1.37 Å². The molecule has 0 atom stereocenters. The molecule has 1 rings (SSSR count). The second-order valence-electron chi connectivity index (χ2n) is 4.56. The molecule has 1 heteroatoms. The maximum absolute atomic E-state index is 10.3. The predicted molar refractivity (Wildman–Crippen MR) is 59.5 cm³/mol. The lowest BCUT2D eigenvalue weighted by atomic mass is 9.86. The number of aldehydes is 1. The molecule has 0 aliphatic heterocycles. The quantitative estimate of drug-likeness (QED) is 0.671. The van der Waals surface area contributed by atoms with E-state index in [1.54, 1.807) is 0 Å². The van der Waals surface area contributed by atoms with Crippen molar-refractivity contribution in [2.24, 2.45) is 0 Å². The molecule has 0 saturated heterocycles. The number of carbonyl (C=O) groups excluding carboxylic acids is 1. The summed E-state index contributed by atoms with van der Waals surface area (Å²) in [6.07, 6.45) is 2.07. The Bertz CT molecular complexity index is 350. The molecule has 0 saturated carbocycles. The van der Waals surface area contributed by atoms with Gasteiger partial charge in [0.1, 0.15) is 6.29 Å². The average Bonchev–Trinajstić information content (AvgIpc) is 2.14. The van der Waals surface area contributed by atoms with Crippen molar-refractivity contribution >= 4 is 6.29 Å². The fourth-order valence-corrected chi connectivity index (χ4v) is 1.29. The Hall–Kier alpha value is -1.11. The summed E-state index contributed by atoms with van der Waals surface area (Å²) in [6, 6.07) is 6.47. The first kappa shape index (κ1) is 9.45. The predicted octanol–water partition coefficient (Wildman–Crippen LogP) is 3.12. The van der Waals surface area contributed by atoms with Crippen molar-refractivity contribution in [1.29, 1.82) is 0 Å². The normalized spacial score (nSPS) is 12.4. The summed E-state index contributed by atoms with van der Waals surface area (Å²) in [6.45, 7) is 6.40. The van der Waals surface area contributed by atoms with E-state index in [0.717, 1.165) is 11.8 Å². The SMILES string of the molecule is [2H]c1cc(C(C)(C)C)ccc1CCC=O. The highest BCUT2D eigenvalue weighted by Gasteiger charge is 2.12. The molecule has 1 aromatic rings. The van der Waals surface area contributed by atoms with Crippen LogP contribution in [0.15, 0.2) is 24.2 Å². The number of hydrogen-bond donors (Lipinski definition) is 0. The van der Waals surface area contributed by atoms with E-state index in [2.05, 4.69) is 26.8 Å². The van der Waals surface area contributed by atoms with E-state index in [1.807, 2.05) is 12.1 Å². The zero-order valence-electron chi connectivity index (χ0n) is 10.1. The summed E-state index contributed by atoms with van der Waals surface area (Å²) < 4.78 is 7.85. The second kappa shape index (κ2) is 4.41. The summed E-state index contributed by atoms with van der Waals surface area (Å²) in [5.74, 6) is 0. The van der Waals surface area contributed by atoms with Crippen LogP contribution in [0.5, 0.6) is 0 Å². The zero-order valence-corrected chi connectivity index (χ0v) is 9.13. The van der Waals surface area contributed by atoms with E-state index in [9.17, 15) is 4.79 Å². The topological polar surface area (TPSA) is 17.1 Å². The van der Waals surface area contributed by atoms with Crippen molar-refractivity contribution in [2.75, 3.05) is 0 Å². The minimum Gasteiger partial charge on any atom is -0.303 e. The van der Waals surface area contributed by atoms with Crippen LogP contribution in [0.2, 0.25) is 0 Å². The third-order valence-electron chi connectivity index (χ3n) is 2.27. The lowest BCUT2D eigenvalue weighted by Gasteiger charge is -2.19. The summed E-state index contributed by atoms with van der Waals surface area (Å²) in [4.78, 5) is 10.3. The molecule has 0 bridgehead atoms. The van der Waals surface area contributed by atoms with Gasteiger partial charge in [-0.15, -0.1) is 0 Å². The van der Waals surface area contributed by atoms with Gasteiger partial charge in [-0.25, -0.2) is 0 Å². The number of benzene rings is 1. The van der Waals surface area contributed by atoms with Gasteiger partial charge >= 0.3 is 0 Å². The van der Waals surface area contributed by atoms with Gasteiger partial charge in [-0.05, 0) is 23.0 Å². The van der Waals surface area contributed by atoms with Crippen molar-refractivity contribution in [1.82, 2.24) is 0 Å². The lowest BCUT2D eigenvalue weighted by molar-refractivity contribution is -0.107. The van der Waals surface area contributed by atoms with Crippen molar-refractivity contribution in [3.05, 3.63) is 35.4 Å². The van der Waals surface area contributed by atoms with Crippen LogP contribution < -0.4 is 0 Å². The van der Waals surface area contributed by atoms with Gasteiger partial charge in [0.15, 0.2) is 0 Å². The van der Waals surface area contributed by atoms with Gasteiger partial charge in [-0.3, -0.25) is 0 Å². The maximum atomic E-state index is 10.3. The summed E-state index contributed by atoms with van der Waals surface area (Å²) in [5.41, 5.74) is 2.20. The van der Waals surface area contributed by atoms with Gasteiger partial charge in [-0.2, -0.15) is 0 Å². The van der Waals surface area contributed by atoms with Gasteiger partial charge in [0.25, 0.3) is 0 Å². The molecule has 0 aromatic heterocycles. The van der Waals surface area contributed by atoms with Gasteiger partial charge in [0.05, 0.1) is 1.37 Å². The van der Waals surface area contributed by atoms with E-state index in [1.165, 1.54) is 5.56 Å². The van der Waals surface area contributed by atoms with E-state index in [0.29, 0.717) is 18.9 Å². The molecule has 0 heterocycles. The van der Waals surface area contributed by atoms with Crippen LogP contribution in [0.4, 0.5) is 0 Å². The molecule has 0 spiro atoms. The molecule has 1 aromatic carbocycles. The highest BCUT2D eigenvalue weighted by molar-refractivity contribution is 5.50. The number of rotatable bonds is 3. The third-order valence-corrected chi connectivity index (χ3v) is 2.27. The molecular formula is C13H18O. The summed E-state index contributed by atoms with van der Waals surface area (Å²) >= 11 is 0. The first-order valence-electron chi connectivity index (χ1n) is 5.49. The molecule has 14 heavy (non-hydrogen) atoms. The van der Waals surface area contributed by atoms with E-state index < -0.39 is 0 Å². The molecule has 0 radical (unpaired) electrons. The second-order valence-corrected chi connectivity index (χ2v) is 4.56. The van der Waals surface area contributed by atoms with Gasteiger partial charge in [-0.1, -0.05) is 45.0 Å². The molecule has 0 unspecified atom stereocenters. The molecular weight excluding hydrogens is 172 g/mol. The first-order chi connectivity index (χ1) is 6.95. The average molecular weight is 191 g/mol. The van der Waals surface area contributed by atoms with E-state index in [-0.39, 0.29) is 5.41 Å². The van der Waals surface area contributed by atoms with Crippen LogP contribution in [-0.2, 0) is 16.6 Å². The van der Waals surface area contributed by atoms with Crippen LogP contribution in [0, 0.1) is 0 Å². The number of hydrogen-bond acceptors (Lipinski definition) is 1. The Labute approximate surface area is 87.6 Å². The monoisotopic (exact) mass is 191 g/mol. The maximum Gasteiger partial charge on any atom is 0.120 e. The van der Waals surface area contributed by atoms with Crippen molar-refractivity contribution in [3.8, 4) is 0 Å². The Kier molecular flexibility index (Phi) is 2.97. The van der Waals surface area contributed by atoms with Crippen molar-refractivity contribution in [3.63, 3.8) is 0 Å². The molecule has 76 valence electrons. The molecule has 0 aliphatic carbocycles. The third kappa shape index (κ3) is 2.99. The van der Waals surface area contributed by atoms with Gasteiger partial charge in [0.2, 0.25) is 0 Å². The van der Waals surface area contributed by atoms with Crippen molar-refractivity contribution in [2.45, 2.75) is 39.0 Å². The number of aryl methyl sites for hydroxylation is 1. The first-order valence-corrected chi connectivity index (χ1v) is 4.99. The molecule has 0 N–H and O–H groups in total. The summed E-state index contributed by atoms with van der Waals surface area (Å²) in [7, 11) is 0. The van der Waals surface area contributed by atoms with Gasteiger partial charge in [0, 0.05) is 6.42 Å². The van der Waals surface area contributed by atoms with Crippen LogP contribution in [0.1, 0.15) is 39.7 Å². The largest absolute Gasteiger partial charge is 0.303 e. The smallest absolute Gasteiger partial charge is 0.120 e. The summed E-state index contributed by atoms with van der Waals surface area (Å²) in [5, 5.41) is 0. The Balaban J connectivity index is 2.93. The number of carbonyl (C=O) groups is 1. The fourth-order valence-electron chi connectivity index (χ4n) is 1.29. The van der Waals surface area contributed by atoms with E-state index >= 15 is 0 Å². The van der Waals surface area contributed by atoms with Crippen LogP contribution in [0.3, 0.4) is 0 Å².